The van der Waals surface area contributed by atoms with Crippen LogP contribution in [0.15, 0.2) is 22.8 Å². The minimum absolute atomic E-state index is 0.0697. The fraction of sp³-hybridized carbons (Fsp3) is 0.688. The second kappa shape index (κ2) is 9.45. The van der Waals surface area contributed by atoms with Crippen LogP contribution in [0.4, 0.5) is 4.79 Å². The molecule has 1 aromatic rings. The standard InChI is InChI=1S/C16H28N2O3/c1-13(2)7-8-14(3)17-16(19)18(9-11-20-4)12-15-6-5-10-21-15/h5-6,10,13-14H,7-9,11-12H2,1-4H3,(H,17,19). The Bertz CT molecular complexity index is 390. The number of ether oxygens (including phenoxy) is 1. The van der Waals surface area contributed by atoms with E-state index in [9.17, 15) is 4.79 Å². The van der Waals surface area contributed by atoms with E-state index in [0.717, 1.165) is 18.6 Å². The molecule has 1 atom stereocenters. The molecule has 2 amide bonds. The first kappa shape index (κ1) is 17.6. The topological polar surface area (TPSA) is 54.7 Å². The molecule has 0 spiro atoms. The number of hydrogen-bond donors (Lipinski definition) is 1. The van der Waals surface area contributed by atoms with Crippen LogP contribution in [0.1, 0.15) is 39.4 Å². The maximum Gasteiger partial charge on any atom is 0.318 e. The summed E-state index contributed by atoms with van der Waals surface area (Å²) in [4.78, 5) is 14.1. The molecule has 0 aliphatic heterocycles. The predicted molar refractivity (Wildman–Crippen MR) is 83.1 cm³/mol. The smallest absolute Gasteiger partial charge is 0.318 e. The molecule has 0 radical (unpaired) electrons. The van der Waals surface area contributed by atoms with Crippen LogP contribution in [0.2, 0.25) is 0 Å². The summed E-state index contributed by atoms with van der Waals surface area (Å²) < 4.78 is 10.4. The average molecular weight is 296 g/mol. The number of urea groups is 1. The Morgan fingerprint density at radius 2 is 2.14 bits per heavy atom. The van der Waals surface area contributed by atoms with Gasteiger partial charge in [0.25, 0.3) is 0 Å². The Kier molecular flexibility index (Phi) is 7.90. The number of carbonyl (C=O) groups excluding carboxylic acids is 1. The van der Waals surface area contributed by atoms with Crippen LogP contribution in [-0.4, -0.2) is 37.2 Å². The van der Waals surface area contributed by atoms with Gasteiger partial charge in [-0.2, -0.15) is 0 Å². The molecule has 0 saturated heterocycles. The van der Waals surface area contributed by atoms with Crippen LogP contribution in [-0.2, 0) is 11.3 Å². The molecule has 1 heterocycles. The van der Waals surface area contributed by atoms with Crippen LogP contribution in [0.25, 0.3) is 0 Å². The summed E-state index contributed by atoms with van der Waals surface area (Å²) >= 11 is 0. The normalized spacial score (nSPS) is 12.4. The molecule has 0 bridgehead atoms. The summed E-state index contributed by atoms with van der Waals surface area (Å²) in [7, 11) is 1.63. The molecule has 120 valence electrons. The molecule has 1 unspecified atom stereocenters. The van der Waals surface area contributed by atoms with Crippen molar-refractivity contribution in [2.24, 2.45) is 5.92 Å². The van der Waals surface area contributed by atoms with Crippen molar-refractivity contribution in [3.8, 4) is 0 Å². The highest BCUT2D eigenvalue weighted by atomic mass is 16.5. The van der Waals surface area contributed by atoms with Crippen molar-refractivity contribution in [1.29, 1.82) is 0 Å². The van der Waals surface area contributed by atoms with Crippen LogP contribution in [0.3, 0.4) is 0 Å². The minimum atomic E-state index is -0.0697. The average Bonchev–Trinajstić information content (AvgIpc) is 2.94. The van der Waals surface area contributed by atoms with Gasteiger partial charge in [-0.3, -0.25) is 0 Å². The molecule has 1 N–H and O–H groups in total. The molecule has 5 nitrogen and oxygen atoms in total. The summed E-state index contributed by atoms with van der Waals surface area (Å²) in [6.45, 7) is 7.93. The Morgan fingerprint density at radius 1 is 1.38 bits per heavy atom. The quantitative estimate of drug-likeness (QED) is 0.761. The van der Waals surface area contributed by atoms with Gasteiger partial charge in [-0.05, 0) is 37.8 Å². The highest BCUT2D eigenvalue weighted by Gasteiger charge is 2.17. The number of carbonyl (C=O) groups is 1. The van der Waals surface area contributed by atoms with Crippen molar-refractivity contribution in [1.82, 2.24) is 10.2 Å². The third-order valence-corrected chi connectivity index (χ3v) is 3.33. The van der Waals surface area contributed by atoms with E-state index in [1.54, 1.807) is 18.3 Å². The highest BCUT2D eigenvalue weighted by Crippen LogP contribution is 2.09. The third-order valence-electron chi connectivity index (χ3n) is 3.33. The molecular formula is C16H28N2O3. The van der Waals surface area contributed by atoms with Gasteiger partial charge >= 0.3 is 6.03 Å². The Hall–Kier alpha value is -1.49. The number of nitrogens with one attached hydrogen (secondary N) is 1. The van der Waals surface area contributed by atoms with Crippen molar-refractivity contribution >= 4 is 6.03 Å². The van der Waals surface area contributed by atoms with Gasteiger partial charge in [-0.25, -0.2) is 4.79 Å². The van der Waals surface area contributed by atoms with Gasteiger partial charge in [0, 0.05) is 19.7 Å². The predicted octanol–water partition coefficient (Wildman–Crippen LogP) is 3.26. The fourth-order valence-corrected chi connectivity index (χ4v) is 2.00. The van der Waals surface area contributed by atoms with E-state index < -0.39 is 0 Å². The summed E-state index contributed by atoms with van der Waals surface area (Å²) in [5.74, 6) is 1.42. The van der Waals surface area contributed by atoms with Gasteiger partial charge in [0.15, 0.2) is 0 Å². The largest absolute Gasteiger partial charge is 0.467 e. The lowest BCUT2D eigenvalue weighted by Gasteiger charge is -2.24. The lowest BCUT2D eigenvalue weighted by Crippen LogP contribution is -2.44. The van der Waals surface area contributed by atoms with Crippen molar-refractivity contribution in [2.75, 3.05) is 20.3 Å². The van der Waals surface area contributed by atoms with Crippen LogP contribution >= 0.6 is 0 Å². The fourth-order valence-electron chi connectivity index (χ4n) is 2.00. The second-order valence-corrected chi connectivity index (χ2v) is 5.82. The minimum Gasteiger partial charge on any atom is -0.467 e. The van der Waals surface area contributed by atoms with E-state index in [1.807, 2.05) is 19.1 Å². The molecule has 5 heteroatoms. The van der Waals surface area contributed by atoms with Crippen molar-refractivity contribution in [3.05, 3.63) is 24.2 Å². The number of methoxy groups -OCH3 is 1. The summed E-state index contributed by atoms with van der Waals surface area (Å²) in [6, 6.07) is 3.80. The van der Waals surface area contributed by atoms with E-state index in [1.165, 1.54) is 0 Å². The SMILES string of the molecule is COCCN(Cc1ccco1)C(=O)NC(C)CCC(C)C. The zero-order valence-electron chi connectivity index (χ0n) is 13.6. The number of nitrogens with zero attached hydrogens (tertiary/aromatic N) is 1. The van der Waals surface area contributed by atoms with Crippen LogP contribution in [0.5, 0.6) is 0 Å². The molecule has 0 aliphatic rings. The summed E-state index contributed by atoms with van der Waals surface area (Å²) in [5.41, 5.74) is 0. The van der Waals surface area contributed by atoms with E-state index in [4.69, 9.17) is 9.15 Å². The zero-order valence-corrected chi connectivity index (χ0v) is 13.6. The maximum absolute atomic E-state index is 12.3. The van der Waals surface area contributed by atoms with Crippen LogP contribution < -0.4 is 5.32 Å². The van der Waals surface area contributed by atoms with Crippen LogP contribution in [0, 0.1) is 5.92 Å². The third kappa shape index (κ3) is 7.18. The number of rotatable bonds is 9. The molecule has 21 heavy (non-hydrogen) atoms. The lowest BCUT2D eigenvalue weighted by molar-refractivity contribution is 0.141. The van der Waals surface area contributed by atoms with E-state index in [2.05, 4.69) is 19.2 Å². The van der Waals surface area contributed by atoms with E-state index in [-0.39, 0.29) is 12.1 Å². The first-order chi connectivity index (χ1) is 10.0. The first-order valence-electron chi connectivity index (χ1n) is 7.59. The van der Waals surface area contributed by atoms with Gasteiger partial charge in [0.2, 0.25) is 0 Å². The van der Waals surface area contributed by atoms with Crippen molar-refractivity contribution in [3.63, 3.8) is 0 Å². The lowest BCUT2D eigenvalue weighted by atomic mass is 10.0. The van der Waals surface area contributed by atoms with Crippen molar-refractivity contribution < 1.29 is 13.9 Å². The molecule has 0 saturated carbocycles. The van der Waals surface area contributed by atoms with Gasteiger partial charge in [0.1, 0.15) is 5.76 Å². The van der Waals surface area contributed by atoms with Gasteiger partial charge in [-0.1, -0.05) is 13.8 Å². The van der Waals surface area contributed by atoms with Gasteiger partial charge < -0.3 is 19.4 Å². The maximum atomic E-state index is 12.3. The molecule has 1 aromatic heterocycles. The molecule has 1 rings (SSSR count). The summed E-state index contributed by atoms with van der Waals surface area (Å²) in [5, 5.41) is 3.05. The number of furan rings is 1. The zero-order chi connectivity index (χ0) is 15.7. The van der Waals surface area contributed by atoms with E-state index in [0.29, 0.717) is 25.6 Å². The number of amides is 2. The Balaban J connectivity index is 2.49. The molecule has 0 aromatic carbocycles. The molecular weight excluding hydrogens is 268 g/mol. The Morgan fingerprint density at radius 3 is 2.71 bits per heavy atom. The van der Waals surface area contributed by atoms with E-state index >= 15 is 0 Å². The summed E-state index contributed by atoms with van der Waals surface area (Å²) in [6.07, 6.45) is 3.72. The molecule has 0 aliphatic carbocycles. The highest BCUT2D eigenvalue weighted by molar-refractivity contribution is 5.74. The molecule has 0 fully saturated rings. The monoisotopic (exact) mass is 296 g/mol. The van der Waals surface area contributed by atoms with Gasteiger partial charge in [-0.15, -0.1) is 0 Å². The van der Waals surface area contributed by atoms with Crippen molar-refractivity contribution in [2.45, 2.75) is 46.2 Å². The number of hydrogen-bond acceptors (Lipinski definition) is 3. The second-order valence-electron chi connectivity index (χ2n) is 5.82. The van der Waals surface area contributed by atoms with Gasteiger partial charge in [0.05, 0.1) is 19.4 Å². The first-order valence-corrected chi connectivity index (χ1v) is 7.59. The Labute approximate surface area is 127 Å².